The standard InChI is InChI=1S/C20H20N6O/c1-25-18(11-12-22-25)24-19(27)14-26-17-10-6-5-9-16(17)23-20(26)21-13-15-7-3-2-4-8-15/h2-12H,13-14H2,1H3,(H,21,23)(H,24,27). The zero-order valence-electron chi connectivity index (χ0n) is 15.0. The van der Waals surface area contributed by atoms with E-state index in [2.05, 4.69) is 32.8 Å². The maximum Gasteiger partial charge on any atom is 0.245 e. The highest BCUT2D eigenvalue weighted by Gasteiger charge is 2.14. The third-order valence-corrected chi connectivity index (χ3v) is 4.34. The van der Waals surface area contributed by atoms with Crippen LogP contribution >= 0.6 is 0 Å². The van der Waals surface area contributed by atoms with Crippen LogP contribution in [-0.2, 0) is 24.9 Å². The van der Waals surface area contributed by atoms with E-state index >= 15 is 0 Å². The lowest BCUT2D eigenvalue weighted by atomic mass is 10.2. The van der Waals surface area contributed by atoms with Gasteiger partial charge in [0.25, 0.3) is 0 Å². The summed E-state index contributed by atoms with van der Waals surface area (Å²) in [5, 5.41) is 10.3. The van der Waals surface area contributed by atoms with Gasteiger partial charge in [-0.15, -0.1) is 0 Å². The van der Waals surface area contributed by atoms with Crippen LogP contribution in [0.15, 0.2) is 66.9 Å². The van der Waals surface area contributed by atoms with Crippen LogP contribution in [0.1, 0.15) is 5.56 Å². The van der Waals surface area contributed by atoms with Gasteiger partial charge in [-0.1, -0.05) is 42.5 Å². The second-order valence-corrected chi connectivity index (χ2v) is 6.24. The molecule has 2 aromatic heterocycles. The summed E-state index contributed by atoms with van der Waals surface area (Å²) in [5.74, 6) is 1.19. The van der Waals surface area contributed by atoms with Gasteiger partial charge < -0.3 is 15.2 Å². The Bertz CT molecular complexity index is 1070. The molecular weight excluding hydrogens is 340 g/mol. The van der Waals surface area contributed by atoms with Crippen LogP contribution in [0.4, 0.5) is 11.8 Å². The van der Waals surface area contributed by atoms with Crippen LogP contribution in [0, 0.1) is 0 Å². The van der Waals surface area contributed by atoms with E-state index in [0.29, 0.717) is 18.3 Å². The molecule has 0 aliphatic heterocycles. The van der Waals surface area contributed by atoms with E-state index in [9.17, 15) is 4.79 Å². The molecule has 0 spiro atoms. The summed E-state index contributed by atoms with van der Waals surface area (Å²) in [7, 11) is 1.79. The van der Waals surface area contributed by atoms with Gasteiger partial charge in [0.15, 0.2) is 0 Å². The number of fused-ring (bicyclic) bond motifs is 1. The molecule has 4 rings (SSSR count). The summed E-state index contributed by atoms with van der Waals surface area (Å²) in [6.07, 6.45) is 1.65. The molecule has 0 bridgehead atoms. The first kappa shape index (κ1) is 16.8. The zero-order valence-corrected chi connectivity index (χ0v) is 15.0. The Hall–Kier alpha value is -3.61. The molecule has 0 radical (unpaired) electrons. The number of hydrogen-bond acceptors (Lipinski definition) is 4. The number of nitrogens with one attached hydrogen (secondary N) is 2. The first-order valence-electron chi connectivity index (χ1n) is 8.71. The Morgan fingerprint density at radius 2 is 1.81 bits per heavy atom. The van der Waals surface area contributed by atoms with Crippen molar-refractivity contribution in [1.82, 2.24) is 19.3 Å². The van der Waals surface area contributed by atoms with Gasteiger partial charge >= 0.3 is 0 Å². The summed E-state index contributed by atoms with van der Waals surface area (Å²) < 4.78 is 3.52. The molecular formula is C20H20N6O. The molecule has 0 aliphatic rings. The first-order valence-corrected chi connectivity index (χ1v) is 8.71. The fourth-order valence-corrected chi connectivity index (χ4v) is 2.97. The number of imidazole rings is 1. The highest BCUT2D eigenvalue weighted by Crippen LogP contribution is 2.20. The van der Waals surface area contributed by atoms with E-state index in [4.69, 9.17) is 0 Å². The molecule has 0 unspecified atom stereocenters. The lowest BCUT2D eigenvalue weighted by Crippen LogP contribution is -2.21. The van der Waals surface area contributed by atoms with Gasteiger partial charge in [-0.2, -0.15) is 5.10 Å². The average molecular weight is 360 g/mol. The molecule has 27 heavy (non-hydrogen) atoms. The SMILES string of the molecule is Cn1nccc1NC(=O)Cn1c(NCc2ccccc2)nc2ccccc21. The molecule has 0 saturated heterocycles. The van der Waals surface area contributed by atoms with Crippen molar-refractivity contribution < 1.29 is 4.79 Å². The molecule has 0 fully saturated rings. The fourth-order valence-electron chi connectivity index (χ4n) is 2.97. The van der Waals surface area contributed by atoms with Crippen LogP contribution in [-0.4, -0.2) is 25.2 Å². The van der Waals surface area contributed by atoms with Gasteiger partial charge in [-0.05, 0) is 17.7 Å². The van der Waals surface area contributed by atoms with E-state index in [1.54, 1.807) is 24.0 Å². The van der Waals surface area contributed by atoms with Crippen LogP contribution in [0.2, 0.25) is 0 Å². The maximum atomic E-state index is 12.6. The van der Waals surface area contributed by atoms with Crippen LogP contribution in [0.3, 0.4) is 0 Å². The fraction of sp³-hybridized carbons (Fsp3) is 0.150. The molecule has 2 aromatic carbocycles. The number of nitrogens with zero attached hydrogens (tertiary/aromatic N) is 4. The molecule has 4 aromatic rings. The van der Waals surface area contributed by atoms with Gasteiger partial charge in [0.1, 0.15) is 12.4 Å². The van der Waals surface area contributed by atoms with E-state index in [-0.39, 0.29) is 12.5 Å². The van der Waals surface area contributed by atoms with E-state index in [1.165, 1.54) is 0 Å². The number of carbonyl (C=O) groups excluding carboxylic acids is 1. The number of para-hydroxylation sites is 2. The van der Waals surface area contributed by atoms with Crippen molar-refractivity contribution >= 4 is 28.7 Å². The van der Waals surface area contributed by atoms with E-state index in [0.717, 1.165) is 16.6 Å². The van der Waals surface area contributed by atoms with Crippen molar-refractivity contribution in [2.24, 2.45) is 7.05 Å². The van der Waals surface area contributed by atoms with Crippen molar-refractivity contribution in [1.29, 1.82) is 0 Å². The summed E-state index contributed by atoms with van der Waals surface area (Å²) >= 11 is 0. The number of rotatable bonds is 6. The van der Waals surface area contributed by atoms with Crippen molar-refractivity contribution in [2.45, 2.75) is 13.1 Å². The summed E-state index contributed by atoms with van der Waals surface area (Å²) in [6.45, 7) is 0.788. The number of hydrogen-bond donors (Lipinski definition) is 2. The molecule has 0 saturated carbocycles. The van der Waals surface area contributed by atoms with Gasteiger partial charge in [0.05, 0.1) is 17.2 Å². The molecule has 7 heteroatoms. The summed E-state index contributed by atoms with van der Waals surface area (Å²) in [5.41, 5.74) is 2.91. The van der Waals surface area contributed by atoms with Crippen LogP contribution in [0.5, 0.6) is 0 Å². The van der Waals surface area contributed by atoms with Crippen LogP contribution < -0.4 is 10.6 Å². The smallest absolute Gasteiger partial charge is 0.245 e. The maximum absolute atomic E-state index is 12.6. The van der Waals surface area contributed by atoms with Gasteiger partial charge in [0.2, 0.25) is 11.9 Å². The minimum atomic E-state index is -0.135. The van der Waals surface area contributed by atoms with Gasteiger partial charge in [-0.3, -0.25) is 9.48 Å². The molecule has 2 heterocycles. The first-order chi connectivity index (χ1) is 13.2. The number of amides is 1. The zero-order chi connectivity index (χ0) is 18.6. The number of carbonyl (C=O) groups is 1. The number of benzene rings is 2. The second kappa shape index (κ2) is 7.33. The monoisotopic (exact) mass is 360 g/mol. The predicted molar refractivity (Wildman–Crippen MR) is 105 cm³/mol. The minimum Gasteiger partial charge on any atom is -0.352 e. The van der Waals surface area contributed by atoms with Crippen molar-refractivity contribution in [3.8, 4) is 0 Å². The largest absolute Gasteiger partial charge is 0.352 e. The van der Waals surface area contributed by atoms with Crippen LogP contribution in [0.25, 0.3) is 11.0 Å². The Balaban J connectivity index is 1.58. The van der Waals surface area contributed by atoms with Crippen molar-refractivity contribution in [3.05, 3.63) is 72.4 Å². The lowest BCUT2D eigenvalue weighted by Gasteiger charge is -2.11. The normalized spacial score (nSPS) is 10.9. The highest BCUT2D eigenvalue weighted by atomic mass is 16.2. The predicted octanol–water partition coefficient (Wildman–Crippen LogP) is 3.02. The Morgan fingerprint density at radius 3 is 2.59 bits per heavy atom. The number of aromatic nitrogens is 4. The molecule has 0 aliphatic carbocycles. The Labute approximate surface area is 156 Å². The molecule has 136 valence electrons. The van der Waals surface area contributed by atoms with E-state index < -0.39 is 0 Å². The minimum absolute atomic E-state index is 0.135. The molecule has 7 nitrogen and oxygen atoms in total. The average Bonchev–Trinajstić information content (AvgIpc) is 3.24. The van der Waals surface area contributed by atoms with Crippen molar-refractivity contribution in [3.63, 3.8) is 0 Å². The molecule has 0 atom stereocenters. The lowest BCUT2D eigenvalue weighted by molar-refractivity contribution is -0.116. The van der Waals surface area contributed by atoms with E-state index in [1.807, 2.05) is 47.0 Å². The second-order valence-electron chi connectivity index (χ2n) is 6.24. The number of aryl methyl sites for hydroxylation is 1. The van der Waals surface area contributed by atoms with Crippen molar-refractivity contribution in [2.75, 3.05) is 10.6 Å². The molecule has 1 amide bonds. The third kappa shape index (κ3) is 3.67. The topological polar surface area (TPSA) is 76.8 Å². The third-order valence-electron chi connectivity index (χ3n) is 4.34. The molecule has 2 N–H and O–H groups in total. The Kier molecular flexibility index (Phi) is 4.57. The summed E-state index contributed by atoms with van der Waals surface area (Å²) in [6, 6.07) is 19.6. The Morgan fingerprint density at radius 1 is 1.04 bits per heavy atom. The quantitative estimate of drug-likeness (QED) is 0.554. The highest BCUT2D eigenvalue weighted by molar-refractivity contribution is 5.91. The van der Waals surface area contributed by atoms with Gasteiger partial charge in [0, 0.05) is 19.7 Å². The number of anilines is 2. The summed E-state index contributed by atoms with van der Waals surface area (Å²) in [4.78, 5) is 17.2. The van der Waals surface area contributed by atoms with Gasteiger partial charge in [-0.25, -0.2) is 4.98 Å².